The van der Waals surface area contributed by atoms with Crippen LogP contribution in [0.1, 0.15) is 84.5 Å². The molecular weight excluding hydrogens is 374 g/mol. The number of amides is 3. The second-order valence-electron chi connectivity index (χ2n) is 8.44. The van der Waals surface area contributed by atoms with Gasteiger partial charge in [-0.15, -0.1) is 0 Å². The van der Waals surface area contributed by atoms with E-state index in [0.29, 0.717) is 19.4 Å². The molecule has 1 aliphatic heterocycles. The van der Waals surface area contributed by atoms with Gasteiger partial charge in [0, 0.05) is 18.2 Å². The Kier molecular flexibility index (Phi) is 12.3. The molecule has 3 unspecified atom stereocenters. The van der Waals surface area contributed by atoms with E-state index in [2.05, 4.69) is 23.3 Å². The minimum Gasteiger partial charge on any atom is -0.370 e. The van der Waals surface area contributed by atoms with Crippen LogP contribution in [-0.2, 0) is 14.4 Å². The predicted molar refractivity (Wildman–Crippen MR) is 116 cm³/mol. The van der Waals surface area contributed by atoms with Gasteiger partial charge in [0.1, 0.15) is 6.04 Å². The normalized spacial score (nSPS) is 22.1. The molecule has 0 aromatic heterocycles. The van der Waals surface area contributed by atoms with Crippen molar-refractivity contribution in [2.75, 3.05) is 6.54 Å². The second-order valence-corrected chi connectivity index (χ2v) is 9.11. The highest BCUT2D eigenvalue weighted by atomic mass is 32.1. The van der Waals surface area contributed by atoms with Crippen LogP contribution in [-0.4, -0.2) is 35.6 Å². The van der Waals surface area contributed by atoms with Gasteiger partial charge in [0.2, 0.25) is 17.7 Å². The van der Waals surface area contributed by atoms with Gasteiger partial charge in [-0.3, -0.25) is 14.4 Å². The van der Waals surface area contributed by atoms with Crippen LogP contribution in [0.25, 0.3) is 0 Å². The van der Waals surface area contributed by atoms with Crippen molar-refractivity contribution >= 4 is 30.4 Å². The molecule has 0 radical (unpaired) electrons. The Bertz CT molecular complexity index is 499. The van der Waals surface area contributed by atoms with E-state index in [0.717, 1.165) is 25.7 Å². The van der Waals surface area contributed by atoms with Gasteiger partial charge >= 0.3 is 0 Å². The van der Waals surface area contributed by atoms with Crippen LogP contribution in [0.3, 0.4) is 0 Å². The van der Waals surface area contributed by atoms with E-state index in [1.165, 1.54) is 25.7 Å². The molecule has 0 aliphatic carbocycles. The maximum absolute atomic E-state index is 13.0. The fourth-order valence-corrected chi connectivity index (χ4v) is 4.15. The zero-order valence-electron chi connectivity index (χ0n) is 17.5. The number of carbonyl (C=O) groups is 3. The van der Waals surface area contributed by atoms with Crippen molar-refractivity contribution < 1.29 is 14.4 Å². The highest BCUT2D eigenvalue weighted by molar-refractivity contribution is 7.81. The average Bonchev–Trinajstić information content (AvgIpc) is 2.63. The van der Waals surface area contributed by atoms with E-state index in [1.807, 2.05) is 13.8 Å². The number of rotatable bonds is 7. The molecule has 0 bridgehead atoms. The summed E-state index contributed by atoms with van der Waals surface area (Å²) in [5, 5.41) is 5.47. The molecular formula is C21H39N3O3S. The summed E-state index contributed by atoms with van der Waals surface area (Å²) in [7, 11) is 0. The lowest BCUT2D eigenvalue weighted by Gasteiger charge is -2.26. The maximum Gasteiger partial charge on any atom is 0.242 e. The summed E-state index contributed by atoms with van der Waals surface area (Å²) in [4.78, 5) is 36.9. The van der Waals surface area contributed by atoms with Crippen molar-refractivity contribution in [3.63, 3.8) is 0 Å². The number of carbonyl (C=O) groups excluding carboxylic acids is 3. The van der Waals surface area contributed by atoms with Crippen LogP contribution in [0.5, 0.6) is 0 Å². The third kappa shape index (κ3) is 10.3. The Labute approximate surface area is 175 Å². The second kappa shape index (κ2) is 13.9. The number of hydrogen-bond acceptors (Lipinski definition) is 4. The molecule has 3 atom stereocenters. The average molecular weight is 414 g/mol. The standard InChI is InChI=1S/C21H39N3O3S/c1-15(2)13-16(18(28)14-19(22)25)20(26)24-17-11-9-7-5-3-4-6-8-10-12-23-21(17)27/h15-18,28H,3-14H2,1-2H3,(H2,22,25)(H,23,27)(H,24,26). The molecule has 0 aromatic rings. The SMILES string of the molecule is CC(C)CC(C(=O)NC1CCCCCCCCCCNC1=O)C(S)CC(N)=O. The topological polar surface area (TPSA) is 101 Å². The summed E-state index contributed by atoms with van der Waals surface area (Å²) in [6.45, 7) is 4.70. The molecule has 1 rings (SSSR count). The number of hydrogen-bond donors (Lipinski definition) is 4. The lowest BCUT2D eigenvalue weighted by atomic mass is 9.91. The lowest BCUT2D eigenvalue weighted by Crippen LogP contribution is -2.50. The van der Waals surface area contributed by atoms with Gasteiger partial charge in [0.05, 0.1) is 5.92 Å². The molecule has 3 amide bonds. The first-order valence-electron chi connectivity index (χ1n) is 10.9. The molecule has 1 saturated heterocycles. The molecule has 1 fully saturated rings. The Morgan fingerprint density at radius 2 is 1.68 bits per heavy atom. The Morgan fingerprint density at radius 1 is 1.11 bits per heavy atom. The highest BCUT2D eigenvalue weighted by Gasteiger charge is 2.31. The molecule has 6 nitrogen and oxygen atoms in total. The maximum atomic E-state index is 13.0. The smallest absolute Gasteiger partial charge is 0.242 e. The molecule has 0 aromatic carbocycles. The van der Waals surface area contributed by atoms with Gasteiger partial charge in [0.25, 0.3) is 0 Å². The summed E-state index contributed by atoms with van der Waals surface area (Å²) >= 11 is 4.46. The summed E-state index contributed by atoms with van der Waals surface area (Å²) in [6.07, 6.45) is 10.3. The summed E-state index contributed by atoms with van der Waals surface area (Å²) < 4.78 is 0. The quantitative estimate of drug-likeness (QED) is 0.483. The van der Waals surface area contributed by atoms with Crippen molar-refractivity contribution in [3.05, 3.63) is 0 Å². The molecule has 1 aliphatic rings. The molecule has 28 heavy (non-hydrogen) atoms. The molecule has 0 saturated carbocycles. The minimum absolute atomic E-state index is 0.0464. The number of nitrogens with one attached hydrogen (secondary N) is 2. The van der Waals surface area contributed by atoms with Crippen molar-refractivity contribution in [2.24, 2.45) is 17.6 Å². The fraction of sp³-hybridized carbons (Fsp3) is 0.857. The summed E-state index contributed by atoms with van der Waals surface area (Å²) in [6, 6.07) is -0.531. The first-order chi connectivity index (χ1) is 13.3. The zero-order chi connectivity index (χ0) is 20.9. The summed E-state index contributed by atoms with van der Waals surface area (Å²) in [5.41, 5.74) is 5.30. The van der Waals surface area contributed by atoms with Gasteiger partial charge in [-0.2, -0.15) is 12.6 Å². The Balaban J connectivity index is 2.77. The Morgan fingerprint density at radius 3 is 2.25 bits per heavy atom. The molecule has 4 N–H and O–H groups in total. The predicted octanol–water partition coefficient (Wildman–Crippen LogP) is 2.95. The van der Waals surface area contributed by atoms with Gasteiger partial charge in [-0.1, -0.05) is 58.8 Å². The van der Waals surface area contributed by atoms with Crippen molar-refractivity contribution in [3.8, 4) is 0 Å². The highest BCUT2D eigenvalue weighted by Crippen LogP contribution is 2.23. The van der Waals surface area contributed by atoms with Gasteiger partial charge in [0.15, 0.2) is 0 Å². The van der Waals surface area contributed by atoms with Gasteiger partial charge < -0.3 is 16.4 Å². The van der Waals surface area contributed by atoms with E-state index in [4.69, 9.17) is 5.73 Å². The van der Waals surface area contributed by atoms with Crippen LogP contribution < -0.4 is 16.4 Å². The van der Waals surface area contributed by atoms with Crippen LogP contribution in [0.4, 0.5) is 0 Å². The number of nitrogens with two attached hydrogens (primary N) is 1. The van der Waals surface area contributed by atoms with Crippen molar-refractivity contribution in [1.82, 2.24) is 10.6 Å². The lowest BCUT2D eigenvalue weighted by molar-refractivity contribution is -0.132. The zero-order valence-corrected chi connectivity index (χ0v) is 18.4. The monoisotopic (exact) mass is 413 g/mol. The first kappa shape index (κ1) is 24.8. The van der Waals surface area contributed by atoms with Gasteiger partial charge in [-0.25, -0.2) is 0 Å². The van der Waals surface area contributed by atoms with Crippen molar-refractivity contribution in [2.45, 2.75) is 95.8 Å². The first-order valence-corrected chi connectivity index (χ1v) is 11.4. The third-order valence-corrected chi connectivity index (χ3v) is 5.83. The van der Waals surface area contributed by atoms with E-state index in [1.54, 1.807) is 0 Å². The van der Waals surface area contributed by atoms with Crippen LogP contribution in [0.2, 0.25) is 0 Å². The van der Waals surface area contributed by atoms with Gasteiger partial charge in [-0.05, 0) is 25.2 Å². The number of primary amides is 1. The van der Waals surface area contributed by atoms with E-state index >= 15 is 0 Å². The Hall–Kier alpha value is -1.24. The molecule has 1 heterocycles. The van der Waals surface area contributed by atoms with E-state index in [-0.39, 0.29) is 24.2 Å². The van der Waals surface area contributed by atoms with Crippen LogP contribution >= 0.6 is 12.6 Å². The molecule has 7 heteroatoms. The van der Waals surface area contributed by atoms with Crippen LogP contribution in [0.15, 0.2) is 0 Å². The summed E-state index contributed by atoms with van der Waals surface area (Å²) in [5.74, 6) is -0.970. The molecule has 162 valence electrons. The third-order valence-electron chi connectivity index (χ3n) is 5.29. The molecule has 0 spiro atoms. The fourth-order valence-electron chi connectivity index (χ4n) is 3.71. The minimum atomic E-state index is -0.531. The number of thiol groups is 1. The van der Waals surface area contributed by atoms with E-state index in [9.17, 15) is 14.4 Å². The largest absolute Gasteiger partial charge is 0.370 e. The van der Waals surface area contributed by atoms with Crippen molar-refractivity contribution in [1.29, 1.82) is 0 Å². The van der Waals surface area contributed by atoms with Crippen LogP contribution in [0, 0.1) is 11.8 Å². The van der Waals surface area contributed by atoms with E-state index < -0.39 is 23.1 Å².